The molecule has 0 aliphatic carbocycles. The molecule has 0 radical (unpaired) electrons. The van der Waals surface area contributed by atoms with E-state index in [1.54, 1.807) is 29.9 Å². The summed E-state index contributed by atoms with van der Waals surface area (Å²) in [5, 5.41) is 4.56. The van der Waals surface area contributed by atoms with Gasteiger partial charge in [0.05, 0.1) is 24.1 Å². The first-order valence-corrected chi connectivity index (χ1v) is 11.0. The van der Waals surface area contributed by atoms with E-state index in [1.165, 1.54) is 11.8 Å². The number of methoxy groups -OCH3 is 1. The Morgan fingerprint density at radius 1 is 1.27 bits per heavy atom. The lowest BCUT2D eigenvalue weighted by Crippen LogP contribution is -2.30. The summed E-state index contributed by atoms with van der Waals surface area (Å²) < 4.78 is 6.78. The zero-order chi connectivity index (χ0) is 21.7. The molecule has 0 aliphatic heterocycles. The molecule has 1 amide bonds. The molecule has 0 spiro atoms. The Bertz CT molecular complexity index is 1110. The highest BCUT2D eigenvalue weighted by molar-refractivity contribution is 7.98. The van der Waals surface area contributed by atoms with Crippen LogP contribution in [0.25, 0.3) is 10.9 Å². The van der Waals surface area contributed by atoms with Crippen LogP contribution in [0.4, 0.5) is 0 Å². The van der Waals surface area contributed by atoms with Crippen molar-refractivity contribution in [1.29, 1.82) is 0 Å². The van der Waals surface area contributed by atoms with Gasteiger partial charge in [0, 0.05) is 29.5 Å². The van der Waals surface area contributed by atoms with Gasteiger partial charge in [-0.15, -0.1) is 0 Å². The van der Waals surface area contributed by atoms with Crippen LogP contribution < -0.4 is 10.9 Å². The molecule has 1 aromatic heterocycles. The number of nitrogens with zero attached hydrogens (tertiary/aromatic N) is 2. The molecule has 8 heteroatoms. The summed E-state index contributed by atoms with van der Waals surface area (Å²) in [6.45, 7) is 4.57. The van der Waals surface area contributed by atoms with E-state index >= 15 is 0 Å². The number of carbonyl (C=O) groups excluding carboxylic acids is 1. The number of nitrogens with one attached hydrogen (secondary N) is 1. The van der Waals surface area contributed by atoms with E-state index in [0.717, 1.165) is 5.56 Å². The molecule has 6 nitrogen and oxygen atoms in total. The summed E-state index contributed by atoms with van der Waals surface area (Å²) in [6, 6.07) is 12.6. The fraction of sp³-hybridized carbons (Fsp3) is 0.318. The summed E-state index contributed by atoms with van der Waals surface area (Å²) in [5.41, 5.74) is 1.77. The van der Waals surface area contributed by atoms with E-state index < -0.39 is 0 Å². The number of hydrogen-bond acceptors (Lipinski definition) is 5. The number of hydrogen-bond donors (Lipinski definition) is 1. The first-order chi connectivity index (χ1) is 14.4. The predicted molar refractivity (Wildman–Crippen MR) is 121 cm³/mol. The Hall–Kier alpha value is -2.35. The Balaban J connectivity index is 2.02. The molecule has 1 heterocycles. The number of ether oxygens (including phenoxy) is 1. The molecule has 0 aliphatic rings. The predicted octanol–water partition coefficient (Wildman–Crippen LogP) is 4.13. The van der Waals surface area contributed by atoms with Crippen molar-refractivity contribution in [3.8, 4) is 0 Å². The van der Waals surface area contributed by atoms with Gasteiger partial charge in [0.15, 0.2) is 5.16 Å². The SMILES string of the molecule is COCCn1c(SCc2ccccc2Cl)nc2cc(C(=O)NC(C)C)ccc2c1=O. The number of benzene rings is 2. The summed E-state index contributed by atoms with van der Waals surface area (Å²) in [5.74, 6) is 0.375. The fourth-order valence-electron chi connectivity index (χ4n) is 2.94. The quantitative estimate of drug-likeness (QED) is 0.417. The normalized spacial score (nSPS) is 11.2. The minimum Gasteiger partial charge on any atom is -0.383 e. The summed E-state index contributed by atoms with van der Waals surface area (Å²) in [6.07, 6.45) is 0. The van der Waals surface area contributed by atoms with E-state index in [4.69, 9.17) is 21.3 Å². The average molecular weight is 446 g/mol. The van der Waals surface area contributed by atoms with Crippen LogP contribution in [0.5, 0.6) is 0 Å². The van der Waals surface area contributed by atoms with Crippen molar-refractivity contribution in [2.24, 2.45) is 0 Å². The topological polar surface area (TPSA) is 73.2 Å². The Morgan fingerprint density at radius 3 is 2.73 bits per heavy atom. The van der Waals surface area contributed by atoms with Crippen molar-refractivity contribution >= 4 is 40.2 Å². The van der Waals surface area contributed by atoms with E-state index in [-0.39, 0.29) is 17.5 Å². The largest absolute Gasteiger partial charge is 0.383 e. The standard InChI is InChI=1S/C22H24ClN3O3S/c1-14(2)24-20(27)15-8-9-17-19(12-15)25-22(26(21(17)28)10-11-29-3)30-13-16-6-4-5-7-18(16)23/h4-9,12,14H,10-11,13H2,1-3H3,(H,24,27). The lowest BCUT2D eigenvalue weighted by atomic mass is 10.1. The van der Waals surface area contributed by atoms with E-state index in [1.807, 2.05) is 38.1 Å². The molecule has 158 valence electrons. The van der Waals surface area contributed by atoms with Crippen LogP contribution in [-0.4, -0.2) is 35.2 Å². The molecule has 30 heavy (non-hydrogen) atoms. The van der Waals surface area contributed by atoms with Crippen molar-refractivity contribution in [3.05, 3.63) is 69.0 Å². The molecule has 0 unspecified atom stereocenters. The first kappa shape index (κ1) is 22.3. The second kappa shape index (κ2) is 10.1. The molecule has 0 saturated carbocycles. The number of thioether (sulfide) groups is 1. The highest BCUT2D eigenvalue weighted by Gasteiger charge is 2.15. The monoisotopic (exact) mass is 445 g/mol. The molecular weight excluding hydrogens is 422 g/mol. The third-order valence-electron chi connectivity index (χ3n) is 4.44. The van der Waals surface area contributed by atoms with Crippen LogP contribution in [0, 0.1) is 0 Å². The lowest BCUT2D eigenvalue weighted by molar-refractivity contribution is 0.0943. The minimum absolute atomic E-state index is 0.0185. The molecule has 0 fully saturated rings. The zero-order valence-corrected chi connectivity index (χ0v) is 18.7. The molecule has 3 rings (SSSR count). The summed E-state index contributed by atoms with van der Waals surface area (Å²) >= 11 is 7.70. The second-order valence-corrected chi connectivity index (χ2v) is 8.43. The van der Waals surface area contributed by atoms with Gasteiger partial charge < -0.3 is 10.1 Å². The van der Waals surface area contributed by atoms with Crippen molar-refractivity contribution in [2.45, 2.75) is 37.3 Å². The van der Waals surface area contributed by atoms with Crippen LogP contribution in [0.2, 0.25) is 5.02 Å². The Kier molecular flexibility index (Phi) is 7.53. The van der Waals surface area contributed by atoms with E-state index in [9.17, 15) is 9.59 Å². The number of amides is 1. The van der Waals surface area contributed by atoms with Crippen LogP contribution in [0.3, 0.4) is 0 Å². The second-order valence-electron chi connectivity index (χ2n) is 7.08. The fourth-order valence-corrected chi connectivity index (χ4v) is 4.25. The third kappa shape index (κ3) is 5.22. The maximum atomic E-state index is 13.1. The van der Waals surface area contributed by atoms with Crippen molar-refractivity contribution in [1.82, 2.24) is 14.9 Å². The van der Waals surface area contributed by atoms with Crippen molar-refractivity contribution < 1.29 is 9.53 Å². The van der Waals surface area contributed by atoms with Crippen molar-refractivity contribution in [3.63, 3.8) is 0 Å². The van der Waals surface area contributed by atoms with Crippen LogP contribution in [-0.2, 0) is 17.0 Å². The maximum absolute atomic E-state index is 13.1. The Labute approximate surface area is 184 Å². The third-order valence-corrected chi connectivity index (χ3v) is 5.83. The number of rotatable bonds is 8. The van der Waals surface area contributed by atoms with E-state index in [2.05, 4.69) is 5.32 Å². The van der Waals surface area contributed by atoms with Crippen molar-refractivity contribution in [2.75, 3.05) is 13.7 Å². The molecular formula is C22H24ClN3O3S. The average Bonchev–Trinajstić information content (AvgIpc) is 2.72. The van der Waals surface area contributed by atoms with Crippen LogP contribution in [0.15, 0.2) is 52.4 Å². The Morgan fingerprint density at radius 2 is 2.03 bits per heavy atom. The zero-order valence-electron chi connectivity index (χ0n) is 17.1. The van der Waals surface area contributed by atoms with Gasteiger partial charge in [0.2, 0.25) is 0 Å². The molecule has 0 atom stereocenters. The maximum Gasteiger partial charge on any atom is 0.262 e. The first-order valence-electron chi connectivity index (χ1n) is 9.61. The van der Waals surface area contributed by atoms with Gasteiger partial charge in [0.25, 0.3) is 11.5 Å². The summed E-state index contributed by atoms with van der Waals surface area (Å²) in [7, 11) is 1.59. The molecule has 0 saturated heterocycles. The van der Waals surface area contributed by atoms with Gasteiger partial charge in [-0.25, -0.2) is 4.98 Å². The van der Waals surface area contributed by atoms with Gasteiger partial charge in [-0.05, 0) is 43.7 Å². The van der Waals surface area contributed by atoms with Gasteiger partial charge in [-0.3, -0.25) is 14.2 Å². The smallest absolute Gasteiger partial charge is 0.262 e. The number of halogens is 1. The van der Waals surface area contributed by atoms with Gasteiger partial charge in [-0.2, -0.15) is 0 Å². The van der Waals surface area contributed by atoms with Crippen LogP contribution in [0.1, 0.15) is 29.8 Å². The van der Waals surface area contributed by atoms with E-state index in [0.29, 0.717) is 45.5 Å². The highest BCUT2D eigenvalue weighted by Crippen LogP contribution is 2.26. The van der Waals surface area contributed by atoms with Gasteiger partial charge >= 0.3 is 0 Å². The molecule has 0 bridgehead atoms. The number of fused-ring (bicyclic) bond motifs is 1. The molecule has 2 aromatic carbocycles. The molecule has 1 N–H and O–H groups in total. The minimum atomic E-state index is -0.192. The highest BCUT2D eigenvalue weighted by atomic mass is 35.5. The lowest BCUT2D eigenvalue weighted by Gasteiger charge is -2.14. The number of carbonyl (C=O) groups is 1. The molecule has 3 aromatic rings. The van der Waals surface area contributed by atoms with Gasteiger partial charge in [0.1, 0.15) is 0 Å². The summed E-state index contributed by atoms with van der Waals surface area (Å²) in [4.78, 5) is 30.2. The van der Waals surface area contributed by atoms with Gasteiger partial charge in [-0.1, -0.05) is 41.6 Å². The van der Waals surface area contributed by atoms with Crippen LogP contribution >= 0.6 is 23.4 Å². The number of aromatic nitrogens is 2.